The lowest BCUT2D eigenvalue weighted by Crippen LogP contribution is -2.07. The van der Waals surface area contributed by atoms with Crippen LogP contribution in [0.4, 0.5) is 0 Å². The molecule has 0 atom stereocenters. The summed E-state index contributed by atoms with van der Waals surface area (Å²) >= 11 is 0. The first-order chi connectivity index (χ1) is 6.86. The van der Waals surface area contributed by atoms with Gasteiger partial charge in [-0.05, 0) is 48.6 Å². The second-order valence-corrected chi connectivity index (χ2v) is 3.64. The van der Waals surface area contributed by atoms with Crippen molar-refractivity contribution in [1.29, 1.82) is 0 Å². The van der Waals surface area contributed by atoms with Gasteiger partial charge in [0.05, 0.1) is 0 Å². The molecular weight excluding hydrogens is 172 g/mol. The Morgan fingerprint density at radius 3 is 2.86 bits per heavy atom. The van der Waals surface area contributed by atoms with E-state index in [2.05, 4.69) is 6.07 Å². The number of Topliss-reactive ketones (excluding diaryl/α,β-unsaturated/α-hetero) is 1. The summed E-state index contributed by atoms with van der Waals surface area (Å²) in [7, 11) is 0. The fourth-order valence-corrected chi connectivity index (χ4v) is 1.75. The van der Waals surface area contributed by atoms with Crippen LogP contribution in [0.25, 0.3) is 6.08 Å². The largest absolute Gasteiger partial charge is 0.295 e. The Hall–Kier alpha value is -1.37. The second-order valence-electron chi connectivity index (χ2n) is 3.64. The van der Waals surface area contributed by atoms with E-state index in [9.17, 15) is 4.79 Å². The molecular formula is C13H13O. The molecule has 1 saturated carbocycles. The maximum absolute atomic E-state index is 11.5. The molecule has 1 radical (unpaired) electrons. The van der Waals surface area contributed by atoms with Crippen LogP contribution < -0.4 is 0 Å². The number of hydrogen-bond donors (Lipinski definition) is 0. The molecule has 0 unspecified atom stereocenters. The van der Waals surface area contributed by atoms with Crippen LogP contribution in [0.3, 0.4) is 0 Å². The molecule has 0 amide bonds. The fraction of sp³-hybridized carbons (Fsp3) is 0.308. The van der Waals surface area contributed by atoms with E-state index in [1.165, 1.54) is 0 Å². The van der Waals surface area contributed by atoms with Crippen LogP contribution in [0, 0.1) is 6.07 Å². The van der Waals surface area contributed by atoms with Gasteiger partial charge in [0.1, 0.15) is 0 Å². The molecule has 1 aliphatic carbocycles. The maximum Gasteiger partial charge on any atom is 0.158 e. The number of allylic oxidation sites excluding steroid dienone is 1. The molecule has 1 fully saturated rings. The van der Waals surface area contributed by atoms with Gasteiger partial charge in [-0.1, -0.05) is 18.2 Å². The topological polar surface area (TPSA) is 17.1 Å². The van der Waals surface area contributed by atoms with Crippen LogP contribution in [-0.2, 0) is 4.79 Å². The van der Waals surface area contributed by atoms with Gasteiger partial charge >= 0.3 is 0 Å². The Bertz CT molecular complexity index is 349. The van der Waals surface area contributed by atoms with Crippen molar-refractivity contribution in [1.82, 2.24) is 0 Å². The van der Waals surface area contributed by atoms with Gasteiger partial charge in [0.25, 0.3) is 0 Å². The minimum Gasteiger partial charge on any atom is -0.295 e. The quantitative estimate of drug-likeness (QED) is 0.615. The molecule has 0 N–H and O–H groups in total. The third-order valence-electron chi connectivity index (χ3n) is 2.53. The molecule has 1 aromatic carbocycles. The van der Waals surface area contributed by atoms with Gasteiger partial charge in [-0.2, -0.15) is 0 Å². The van der Waals surface area contributed by atoms with E-state index in [0.717, 1.165) is 36.8 Å². The molecule has 71 valence electrons. The van der Waals surface area contributed by atoms with E-state index < -0.39 is 0 Å². The zero-order valence-corrected chi connectivity index (χ0v) is 8.12. The van der Waals surface area contributed by atoms with Crippen molar-refractivity contribution in [3.05, 3.63) is 41.5 Å². The molecule has 1 aromatic rings. The smallest absolute Gasteiger partial charge is 0.158 e. The lowest BCUT2D eigenvalue weighted by atomic mass is 9.92. The molecule has 0 spiro atoms. The summed E-state index contributed by atoms with van der Waals surface area (Å²) in [4.78, 5) is 11.5. The molecule has 2 rings (SSSR count). The maximum atomic E-state index is 11.5. The second kappa shape index (κ2) is 4.23. The Balaban J connectivity index is 2.21. The fourth-order valence-electron chi connectivity index (χ4n) is 1.75. The van der Waals surface area contributed by atoms with Crippen LogP contribution in [0.5, 0.6) is 0 Å². The van der Waals surface area contributed by atoms with Crippen LogP contribution in [0.15, 0.2) is 29.8 Å². The van der Waals surface area contributed by atoms with Gasteiger partial charge in [0.15, 0.2) is 5.78 Å². The zero-order valence-electron chi connectivity index (χ0n) is 8.12. The average Bonchev–Trinajstić information content (AvgIpc) is 2.23. The molecule has 14 heavy (non-hydrogen) atoms. The first-order valence-corrected chi connectivity index (χ1v) is 5.06. The molecule has 0 bridgehead atoms. The highest BCUT2D eigenvalue weighted by Crippen LogP contribution is 2.21. The van der Waals surface area contributed by atoms with Crippen molar-refractivity contribution in [3.8, 4) is 0 Å². The summed E-state index contributed by atoms with van der Waals surface area (Å²) < 4.78 is 0. The van der Waals surface area contributed by atoms with Crippen LogP contribution >= 0.6 is 0 Å². The number of ketones is 1. The van der Waals surface area contributed by atoms with Crippen molar-refractivity contribution in [3.63, 3.8) is 0 Å². The number of hydrogen-bond acceptors (Lipinski definition) is 1. The Kier molecular flexibility index (Phi) is 2.78. The van der Waals surface area contributed by atoms with E-state index >= 15 is 0 Å². The molecule has 0 heterocycles. The molecule has 1 aliphatic rings. The number of benzene rings is 1. The highest BCUT2D eigenvalue weighted by atomic mass is 16.1. The van der Waals surface area contributed by atoms with Crippen molar-refractivity contribution < 1.29 is 4.79 Å². The van der Waals surface area contributed by atoms with Crippen molar-refractivity contribution in [2.75, 3.05) is 0 Å². The molecule has 1 nitrogen and oxygen atoms in total. The lowest BCUT2D eigenvalue weighted by Gasteiger charge is -2.12. The summed E-state index contributed by atoms with van der Waals surface area (Å²) in [5, 5.41) is 0. The Morgan fingerprint density at radius 2 is 2.14 bits per heavy atom. The third-order valence-corrected chi connectivity index (χ3v) is 2.53. The average molecular weight is 185 g/mol. The van der Waals surface area contributed by atoms with Crippen molar-refractivity contribution >= 4 is 11.9 Å². The number of carbonyl (C=O) groups excluding carboxylic acids is 1. The lowest BCUT2D eigenvalue weighted by molar-refractivity contribution is -0.116. The summed E-state index contributed by atoms with van der Waals surface area (Å²) in [6.45, 7) is 0. The van der Waals surface area contributed by atoms with Crippen LogP contribution in [-0.4, -0.2) is 5.78 Å². The molecule has 0 aliphatic heterocycles. The van der Waals surface area contributed by atoms with Gasteiger partial charge in [-0.25, -0.2) is 0 Å². The molecule has 0 aromatic heterocycles. The highest BCUT2D eigenvalue weighted by Gasteiger charge is 2.14. The van der Waals surface area contributed by atoms with Crippen LogP contribution in [0.1, 0.15) is 31.2 Å². The number of rotatable bonds is 1. The van der Waals surface area contributed by atoms with Crippen LogP contribution in [0.2, 0.25) is 0 Å². The van der Waals surface area contributed by atoms with Gasteiger partial charge in [0, 0.05) is 6.42 Å². The predicted octanol–water partition coefficient (Wildman–Crippen LogP) is 3.01. The normalized spacial score (nSPS) is 20.0. The Morgan fingerprint density at radius 1 is 1.29 bits per heavy atom. The van der Waals surface area contributed by atoms with E-state index in [4.69, 9.17) is 0 Å². The predicted molar refractivity (Wildman–Crippen MR) is 56.7 cm³/mol. The summed E-state index contributed by atoms with van der Waals surface area (Å²) in [6.07, 6.45) is 5.86. The van der Waals surface area contributed by atoms with Crippen molar-refractivity contribution in [2.24, 2.45) is 0 Å². The molecule has 0 saturated heterocycles. The van der Waals surface area contributed by atoms with Gasteiger partial charge in [0.2, 0.25) is 0 Å². The first-order valence-electron chi connectivity index (χ1n) is 5.06. The zero-order chi connectivity index (χ0) is 9.80. The minimum atomic E-state index is 0.320. The summed E-state index contributed by atoms with van der Waals surface area (Å²) in [6, 6.07) is 10.7. The van der Waals surface area contributed by atoms with Crippen molar-refractivity contribution in [2.45, 2.75) is 25.7 Å². The third kappa shape index (κ3) is 2.11. The monoisotopic (exact) mass is 185 g/mol. The van der Waals surface area contributed by atoms with E-state index in [1.807, 2.05) is 30.3 Å². The van der Waals surface area contributed by atoms with Gasteiger partial charge < -0.3 is 0 Å². The summed E-state index contributed by atoms with van der Waals surface area (Å²) in [5.41, 5.74) is 2.06. The standard InChI is InChI=1S/C13H13O/c14-13-9-5-4-8-12(13)10-11-6-2-1-3-7-11/h1-2,6-7,10H,4-5,8-9H2. The molecule has 1 heteroatoms. The van der Waals surface area contributed by atoms with E-state index in [-0.39, 0.29) is 0 Å². The first kappa shape index (κ1) is 9.20. The number of carbonyl (C=O) groups is 1. The van der Waals surface area contributed by atoms with Gasteiger partial charge in [-0.3, -0.25) is 4.79 Å². The van der Waals surface area contributed by atoms with Gasteiger partial charge in [-0.15, -0.1) is 0 Å². The Labute approximate surface area is 84.5 Å². The SMILES string of the molecule is O=C1CCCCC1=Cc1c[c]ccc1. The minimum absolute atomic E-state index is 0.320. The van der Waals surface area contributed by atoms with E-state index in [1.54, 1.807) is 0 Å². The highest BCUT2D eigenvalue weighted by molar-refractivity contribution is 6.00. The summed E-state index contributed by atoms with van der Waals surface area (Å²) in [5.74, 6) is 0.320. The van der Waals surface area contributed by atoms with E-state index in [0.29, 0.717) is 5.78 Å².